The van der Waals surface area contributed by atoms with Crippen LogP contribution in [0, 0.1) is 0 Å². The number of aromatic nitrogens is 1. The van der Waals surface area contributed by atoms with Crippen molar-refractivity contribution >= 4 is 16.9 Å². The molecule has 2 aromatic rings. The molecule has 2 rings (SSSR count). The summed E-state index contributed by atoms with van der Waals surface area (Å²) in [4.78, 5) is 11.3. The Morgan fingerprint density at radius 3 is 2.82 bits per heavy atom. The van der Waals surface area contributed by atoms with Crippen LogP contribution in [0.3, 0.4) is 0 Å². The zero-order valence-corrected chi connectivity index (χ0v) is 10.4. The summed E-state index contributed by atoms with van der Waals surface area (Å²) >= 11 is 0. The Labute approximate surface area is 101 Å². The normalized spacial score (nSPS) is 12.6. The average molecular weight is 231 g/mol. The van der Waals surface area contributed by atoms with Crippen molar-refractivity contribution in [3.05, 3.63) is 36.0 Å². The van der Waals surface area contributed by atoms with Crippen LogP contribution in [0.2, 0.25) is 0 Å². The second-order valence-corrected chi connectivity index (χ2v) is 4.39. The van der Waals surface area contributed by atoms with Crippen LogP contribution in [0.25, 0.3) is 10.9 Å². The number of aryl methyl sites for hydroxylation is 1. The van der Waals surface area contributed by atoms with Gasteiger partial charge in [0.05, 0.1) is 13.5 Å². The Morgan fingerprint density at radius 2 is 2.12 bits per heavy atom. The van der Waals surface area contributed by atoms with Gasteiger partial charge in [-0.3, -0.25) is 4.79 Å². The second kappa shape index (κ2) is 4.62. The van der Waals surface area contributed by atoms with Gasteiger partial charge >= 0.3 is 5.97 Å². The number of rotatable bonds is 3. The average Bonchev–Trinajstić information content (AvgIpc) is 2.67. The maximum absolute atomic E-state index is 11.3. The van der Waals surface area contributed by atoms with E-state index in [2.05, 4.69) is 29.8 Å². The maximum atomic E-state index is 11.3. The molecule has 90 valence electrons. The van der Waals surface area contributed by atoms with Crippen molar-refractivity contribution in [3.8, 4) is 0 Å². The van der Waals surface area contributed by atoms with Crippen molar-refractivity contribution in [2.45, 2.75) is 19.3 Å². The molecule has 0 N–H and O–H groups in total. The molecule has 1 aromatic carbocycles. The van der Waals surface area contributed by atoms with Crippen molar-refractivity contribution in [1.82, 2.24) is 4.57 Å². The van der Waals surface area contributed by atoms with E-state index in [0.717, 1.165) is 0 Å². The number of carbonyl (C=O) groups is 1. The van der Waals surface area contributed by atoms with Gasteiger partial charge in [0, 0.05) is 24.1 Å². The SMILES string of the molecule is COC(=O)CC(C)c1cn(C)c2ccccc12. The second-order valence-electron chi connectivity index (χ2n) is 4.39. The molecule has 1 unspecified atom stereocenters. The van der Waals surface area contributed by atoms with Gasteiger partial charge in [-0.25, -0.2) is 0 Å². The summed E-state index contributed by atoms with van der Waals surface area (Å²) < 4.78 is 6.81. The van der Waals surface area contributed by atoms with Crippen LogP contribution in [0.1, 0.15) is 24.8 Å². The van der Waals surface area contributed by atoms with Crippen LogP contribution in [-0.4, -0.2) is 17.6 Å². The predicted molar refractivity (Wildman–Crippen MR) is 68.0 cm³/mol. The molecule has 17 heavy (non-hydrogen) atoms. The summed E-state index contributed by atoms with van der Waals surface area (Å²) in [6, 6.07) is 8.23. The standard InChI is InChI=1S/C14H17NO2/c1-10(8-14(16)17-3)12-9-15(2)13-7-5-4-6-11(12)13/h4-7,9-10H,8H2,1-3H3. The number of benzene rings is 1. The summed E-state index contributed by atoms with van der Waals surface area (Å²) in [5, 5.41) is 1.21. The van der Waals surface area contributed by atoms with E-state index in [0.29, 0.717) is 6.42 Å². The lowest BCUT2D eigenvalue weighted by atomic mass is 9.97. The van der Waals surface area contributed by atoms with Gasteiger partial charge in [0.25, 0.3) is 0 Å². The van der Waals surface area contributed by atoms with E-state index in [1.54, 1.807) is 0 Å². The van der Waals surface area contributed by atoms with Crippen LogP contribution in [0.4, 0.5) is 0 Å². The molecule has 0 amide bonds. The van der Waals surface area contributed by atoms with Gasteiger partial charge in [-0.15, -0.1) is 0 Å². The van der Waals surface area contributed by atoms with E-state index >= 15 is 0 Å². The van der Waals surface area contributed by atoms with E-state index in [1.165, 1.54) is 23.6 Å². The molecule has 0 fully saturated rings. The Bertz CT molecular complexity index is 542. The molecule has 0 aliphatic carbocycles. The summed E-state index contributed by atoms with van der Waals surface area (Å²) in [6.45, 7) is 2.05. The van der Waals surface area contributed by atoms with Crippen LogP contribution in [0.5, 0.6) is 0 Å². The number of hydrogen-bond acceptors (Lipinski definition) is 2. The van der Waals surface area contributed by atoms with Gasteiger partial charge in [0.1, 0.15) is 0 Å². The zero-order chi connectivity index (χ0) is 12.4. The molecular formula is C14H17NO2. The van der Waals surface area contributed by atoms with Crippen LogP contribution < -0.4 is 0 Å². The van der Waals surface area contributed by atoms with Gasteiger partial charge in [-0.05, 0) is 17.5 Å². The number of esters is 1. The first-order chi connectivity index (χ1) is 8.13. The molecular weight excluding hydrogens is 214 g/mol. The van der Waals surface area contributed by atoms with E-state index in [1.807, 2.05) is 19.2 Å². The van der Waals surface area contributed by atoms with E-state index in [4.69, 9.17) is 4.74 Å². The monoisotopic (exact) mass is 231 g/mol. The molecule has 3 heteroatoms. The molecule has 1 aromatic heterocycles. The van der Waals surface area contributed by atoms with Gasteiger partial charge < -0.3 is 9.30 Å². The number of hydrogen-bond donors (Lipinski definition) is 0. The highest BCUT2D eigenvalue weighted by molar-refractivity contribution is 5.85. The van der Waals surface area contributed by atoms with Crippen LogP contribution in [0.15, 0.2) is 30.5 Å². The quantitative estimate of drug-likeness (QED) is 0.761. The summed E-state index contributed by atoms with van der Waals surface area (Å²) in [7, 11) is 3.45. The molecule has 1 heterocycles. The molecule has 0 saturated heterocycles. The maximum Gasteiger partial charge on any atom is 0.306 e. The summed E-state index contributed by atoms with van der Waals surface area (Å²) in [5.41, 5.74) is 2.40. The van der Waals surface area contributed by atoms with Crippen molar-refractivity contribution in [1.29, 1.82) is 0 Å². The number of ether oxygens (including phenoxy) is 1. The van der Waals surface area contributed by atoms with Gasteiger partial charge in [-0.1, -0.05) is 25.1 Å². The zero-order valence-electron chi connectivity index (χ0n) is 10.4. The third kappa shape index (κ3) is 2.18. The number of fused-ring (bicyclic) bond motifs is 1. The fraction of sp³-hybridized carbons (Fsp3) is 0.357. The fourth-order valence-corrected chi connectivity index (χ4v) is 2.21. The minimum absolute atomic E-state index is 0.162. The molecule has 1 atom stereocenters. The first-order valence-electron chi connectivity index (χ1n) is 5.74. The highest BCUT2D eigenvalue weighted by atomic mass is 16.5. The minimum atomic E-state index is -0.162. The van der Waals surface area contributed by atoms with Crippen molar-refractivity contribution in [2.75, 3.05) is 7.11 Å². The first-order valence-corrected chi connectivity index (χ1v) is 5.74. The third-order valence-electron chi connectivity index (χ3n) is 3.16. The lowest BCUT2D eigenvalue weighted by Crippen LogP contribution is -2.05. The van der Waals surface area contributed by atoms with Crippen LogP contribution in [-0.2, 0) is 16.6 Å². The van der Waals surface area contributed by atoms with Crippen LogP contribution >= 0.6 is 0 Å². The molecule has 3 nitrogen and oxygen atoms in total. The van der Waals surface area contributed by atoms with Gasteiger partial charge in [-0.2, -0.15) is 0 Å². The molecule has 0 aliphatic heterocycles. The molecule has 0 radical (unpaired) electrons. The van der Waals surface area contributed by atoms with Gasteiger partial charge in [0.15, 0.2) is 0 Å². The van der Waals surface area contributed by atoms with Crippen molar-refractivity contribution in [3.63, 3.8) is 0 Å². The van der Waals surface area contributed by atoms with Crippen molar-refractivity contribution < 1.29 is 9.53 Å². The minimum Gasteiger partial charge on any atom is -0.469 e. The summed E-state index contributed by atoms with van der Waals surface area (Å²) in [6.07, 6.45) is 2.52. The Kier molecular flexibility index (Phi) is 3.18. The molecule has 0 spiro atoms. The van der Waals surface area contributed by atoms with E-state index in [9.17, 15) is 4.79 Å². The Hall–Kier alpha value is -1.77. The first kappa shape index (κ1) is 11.7. The highest BCUT2D eigenvalue weighted by Gasteiger charge is 2.16. The van der Waals surface area contributed by atoms with E-state index < -0.39 is 0 Å². The molecule has 0 bridgehead atoms. The molecule has 0 saturated carbocycles. The van der Waals surface area contributed by atoms with E-state index in [-0.39, 0.29) is 11.9 Å². The number of para-hydroxylation sites is 1. The lowest BCUT2D eigenvalue weighted by molar-refractivity contribution is -0.140. The highest BCUT2D eigenvalue weighted by Crippen LogP contribution is 2.29. The Balaban J connectivity index is 2.38. The predicted octanol–water partition coefficient (Wildman–Crippen LogP) is 2.84. The smallest absolute Gasteiger partial charge is 0.306 e. The lowest BCUT2D eigenvalue weighted by Gasteiger charge is -2.08. The topological polar surface area (TPSA) is 31.2 Å². The number of methoxy groups -OCH3 is 1. The number of carbonyl (C=O) groups excluding carboxylic acids is 1. The van der Waals surface area contributed by atoms with Gasteiger partial charge in [0.2, 0.25) is 0 Å². The largest absolute Gasteiger partial charge is 0.469 e. The van der Waals surface area contributed by atoms with Crippen molar-refractivity contribution in [2.24, 2.45) is 7.05 Å². The molecule has 0 aliphatic rings. The fourth-order valence-electron chi connectivity index (χ4n) is 2.21. The summed E-state index contributed by atoms with van der Waals surface area (Å²) in [5.74, 6) is 0.0129. The third-order valence-corrected chi connectivity index (χ3v) is 3.16. The Morgan fingerprint density at radius 1 is 1.41 bits per heavy atom. The number of nitrogens with zero attached hydrogens (tertiary/aromatic N) is 1.